The zero-order valence-electron chi connectivity index (χ0n) is 14.6. The second kappa shape index (κ2) is 6.45. The number of para-hydroxylation sites is 1. The van der Waals surface area contributed by atoms with Gasteiger partial charge in [0.15, 0.2) is 0 Å². The van der Waals surface area contributed by atoms with Gasteiger partial charge in [0.25, 0.3) is 0 Å². The van der Waals surface area contributed by atoms with Crippen LogP contribution in [-0.4, -0.2) is 29.9 Å². The quantitative estimate of drug-likeness (QED) is 0.437. The van der Waals surface area contributed by atoms with Crippen LogP contribution >= 0.6 is 0 Å². The van der Waals surface area contributed by atoms with E-state index >= 15 is 0 Å². The molecule has 9 nitrogen and oxygen atoms in total. The molecular formula is C18H15N7O2. The van der Waals surface area contributed by atoms with E-state index < -0.39 is 4.92 Å². The van der Waals surface area contributed by atoms with E-state index in [0.717, 1.165) is 16.8 Å². The normalized spacial score (nSPS) is 10.9. The Balaban J connectivity index is 1.88. The second-order valence-corrected chi connectivity index (χ2v) is 6.08. The molecular weight excluding hydrogens is 346 g/mol. The molecule has 2 aromatic carbocycles. The Morgan fingerprint density at radius 2 is 1.93 bits per heavy atom. The lowest BCUT2D eigenvalue weighted by Gasteiger charge is -2.11. The predicted molar refractivity (Wildman–Crippen MR) is 100 cm³/mol. The first kappa shape index (κ1) is 16.6. The molecule has 0 radical (unpaired) electrons. The van der Waals surface area contributed by atoms with Crippen LogP contribution < -0.4 is 5.32 Å². The Morgan fingerprint density at radius 1 is 1.11 bits per heavy atom. The summed E-state index contributed by atoms with van der Waals surface area (Å²) in [4.78, 5) is 19.5. The van der Waals surface area contributed by atoms with E-state index in [1.807, 2.05) is 44.2 Å². The van der Waals surface area contributed by atoms with Crippen molar-refractivity contribution < 1.29 is 4.92 Å². The fraction of sp³-hybridized carbons (Fsp3) is 0.111. The number of aryl methyl sites for hydroxylation is 2. The van der Waals surface area contributed by atoms with Crippen molar-refractivity contribution in [2.75, 3.05) is 5.32 Å². The van der Waals surface area contributed by atoms with Gasteiger partial charge >= 0.3 is 5.69 Å². The third kappa shape index (κ3) is 2.95. The molecule has 4 rings (SSSR count). The summed E-state index contributed by atoms with van der Waals surface area (Å²) in [5.74, 6) is 0.148. The number of nitro groups is 1. The molecule has 0 aliphatic rings. The number of anilines is 2. The molecule has 2 heterocycles. The average molecular weight is 361 g/mol. The highest BCUT2D eigenvalue weighted by molar-refractivity contribution is 5.78. The zero-order valence-corrected chi connectivity index (χ0v) is 14.6. The molecule has 4 aromatic rings. The van der Waals surface area contributed by atoms with Crippen LogP contribution in [0.5, 0.6) is 0 Å². The molecule has 0 bridgehead atoms. The average Bonchev–Trinajstić information content (AvgIpc) is 3.08. The number of hydrogen-bond donors (Lipinski definition) is 1. The van der Waals surface area contributed by atoms with Gasteiger partial charge in [0.1, 0.15) is 11.8 Å². The van der Waals surface area contributed by atoms with Crippen molar-refractivity contribution in [1.82, 2.24) is 25.0 Å². The maximum absolute atomic E-state index is 11.8. The van der Waals surface area contributed by atoms with Crippen LogP contribution in [0.3, 0.4) is 0 Å². The minimum Gasteiger partial charge on any atom is -0.334 e. The van der Waals surface area contributed by atoms with Gasteiger partial charge in [0.05, 0.1) is 10.4 Å². The number of nitrogens with one attached hydrogen (secondary N) is 1. The summed E-state index contributed by atoms with van der Waals surface area (Å²) in [5, 5.41) is 23.0. The molecule has 134 valence electrons. The van der Waals surface area contributed by atoms with Gasteiger partial charge in [-0.3, -0.25) is 10.1 Å². The maximum atomic E-state index is 11.8. The molecule has 0 aliphatic carbocycles. The lowest BCUT2D eigenvalue weighted by Crippen LogP contribution is -2.09. The van der Waals surface area contributed by atoms with Crippen molar-refractivity contribution in [1.29, 1.82) is 0 Å². The number of rotatable bonds is 4. The SMILES string of the molecule is Cc1ccc(C)c(Nc2ncnc(-n3nnc4ccccc43)c2[N+](=O)[O-])c1. The summed E-state index contributed by atoms with van der Waals surface area (Å²) in [5.41, 5.74) is 3.69. The maximum Gasteiger partial charge on any atom is 0.356 e. The smallest absolute Gasteiger partial charge is 0.334 e. The van der Waals surface area contributed by atoms with Crippen molar-refractivity contribution >= 4 is 28.2 Å². The van der Waals surface area contributed by atoms with E-state index in [-0.39, 0.29) is 17.3 Å². The Morgan fingerprint density at radius 3 is 2.74 bits per heavy atom. The van der Waals surface area contributed by atoms with Gasteiger partial charge < -0.3 is 5.32 Å². The molecule has 0 unspecified atom stereocenters. The molecule has 0 saturated heterocycles. The molecule has 0 atom stereocenters. The first-order valence-electron chi connectivity index (χ1n) is 8.19. The third-order valence-electron chi connectivity index (χ3n) is 4.18. The highest BCUT2D eigenvalue weighted by atomic mass is 16.6. The summed E-state index contributed by atoms with van der Waals surface area (Å²) in [6, 6.07) is 13.0. The fourth-order valence-corrected chi connectivity index (χ4v) is 2.81. The second-order valence-electron chi connectivity index (χ2n) is 6.08. The van der Waals surface area contributed by atoms with Crippen LogP contribution in [0.4, 0.5) is 17.2 Å². The topological polar surface area (TPSA) is 112 Å². The standard InChI is InChI=1S/C18H15N7O2/c1-11-7-8-12(2)14(9-11)21-17-16(25(26)27)18(20-10-19-17)24-15-6-4-3-5-13(15)22-23-24/h3-10H,1-2H3,(H,19,20,21). The van der Waals surface area contributed by atoms with E-state index in [9.17, 15) is 10.1 Å². The van der Waals surface area contributed by atoms with Crippen LogP contribution in [-0.2, 0) is 0 Å². The zero-order chi connectivity index (χ0) is 19.0. The summed E-state index contributed by atoms with van der Waals surface area (Å²) in [6.45, 7) is 3.87. The van der Waals surface area contributed by atoms with Gasteiger partial charge in [-0.2, -0.15) is 4.68 Å². The van der Waals surface area contributed by atoms with E-state index in [1.165, 1.54) is 11.0 Å². The lowest BCUT2D eigenvalue weighted by molar-refractivity contribution is -0.384. The van der Waals surface area contributed by atoms with Gasteiger partial charge in [-0.15, -0.1) is 5.10 Å². The monoisotopic (exact) mass is 361 g/mol. The lowest BCUT2D eigenvalue weighted by atomic mass is 10.1. The predicted octanol–water partition coefficient (Wildman–Crippen LogP) is 3.48. The van der Waals surface area contributed by atoms with Crippen LogP contribution in [0.25, 0.3) is 16.9 Å². The van der Waals surface area contributed by atoms with E-state index in [4.69, 9.17) is 0 Å². The van der Waals surface area contributed by atoms with Gasteiger partial charge in [0.2, 0.25) is 11.6 Å². The van der Waals surface area contributed by atoms with Crippen molar-refractivity contribution in [2.24, 2.45) is 0 Å². The summed E-state index contributed by atoms with van der Waals surface area (Å²) < 4.78 is 1.35. The Hall–Kier alpha value is -3.88. The molecule has 9 heteroatoms. The van der Waals surface area contributed by atoms with Gasteiger partial charge in [-0.05, 0) is 43.2 Å². The molecule has 27 heavy (non-hydrogen) atoms. The van der Waals surface area contributed by atoms with Crippen molar-refractivity contribution in [2.45, 2.75) is 13.8 Å². The minimum atomic E-state index is -0.515. The number of fused-ring (bicyclic) bond motifs is 1. The minimum absolute atomic E-state index is 0.0523. The Labute approximate surface area is 153 Å². The number of nitrogens with zero attached hydrogens (tertiary/aromatic N) is 6. The van der Waals surface area contributed by atoms with Gasteiger partial charge in [0, 0.05) is 5.69 Å². The van der Waals surface area contributed by atoms with E-state index in [0.29, 0.717) is 11.0 Å². The molecule has 0 saturated carbocycles. The highest BCUT2D eigenvalue weighted by Crippen LogP contribution is 2.32. The van der Waals surface area contributed by atoms with Gasteiger partial charge in [-0.25, -0.2) is 9.97 Å². The molecule has 1 N–H and O–H groups in total. The fourth-order valence-electron chi connectivity index (χ4n) is 2.81. The molecule has 2 aromatic heterocycles. The summed E-state index contributed by atoms with van der Waals surface area (Å²) in [6.07, 6.45) is 1.27. The Bertz CT molecular complexity index is 1170. The largest absolute Gasteiger partial charge is 0.356 e. The summed E-state index contributed by atoms with van der Waals surface area (Å²) >= 11 is 0. The highest BCUT2D eigenvalue weighted by Gasteiger charge is 2.26. The van der Waals surface area contributed by atoms with Gasteiger partial charge in [-0.1, -0.05) is 29.5 Å². The van der Waals surface area contributed by atoms with Crippen molar-refractivity contribution in [3.8, 4) is 5.82 Å². The number of benzene rings is 2. The van der Waals surface area contributed by atoms with Crippen molar-refractivity contribution in [3.05, 3.63) is 70.0 Å². The summed E-state index contributed by atoms with van der Waals surface area (Å²) in [7, 11) is 0. The molecule has 0 aliphatic heterocycles. The molecule has 0 fully saturated rings. The van der Waals surface area contributed by atoms with Crippen LogP contribution in [0.2, 0.25) is 0 Å². The molecule has 0 amide bonds. The number of hydrogen-bond acceptors (Lipinski definition) is 7. The van der Waals surface area contributed by atoms with E-state index in [1.54, 1.807) is 12.1 Å². The third-order valence-corrected chi connectivity index (χ3v) is 4.18. The number of aromatic nitrogens is 5. The van der Waals surface area contributed by atoms with E-state index in [2.05, 4.69) is 25.6 Å². The van der Waals surface area contributed by atoms with Crippen LogP contribution in [0.1, 0.15) is 11.1 Å². The first-order chi connectivity index (χ1) is 13.0. The van der Waals surface area contributed by atoms with Crippen molar-refractivity contribution in [3.63, 3.8) is 0 Å². The molecule has 0 spiro atoms. The van der Waals surface area contributed by atoms with Crippen LogP contribution in [0.15, 0.2) is 48.8 Å². The Kier molecular flexibility index (Phi) is 3.96. The first-order valence-corrected chi connectivity index (χ1v) is 8.19. The van der Waals surface area contributed by atoms with Crippen LogP contribution in [0, 0.1) is 24.0 Å².